The summed E-state index contributed by atoms with van der Waals surface area (Å²) in [6, 6.07) is 14.6. The second-order valence-electron chi connectivity index (χ2n) is 9.75. The third-order valence-electron chi connectivity index (χ3n) is 7.18. The predicted octanol–water partition coefficient (Wildman–Crippen LogP) is 4.89. The smallest absolute Gasteiger partial charge is 0.306 e. The van der Waals surface area contributed by atoms with Crippen LogP contribution in [0.4, 0.5) is 5.82 Å². The van der Waals surface area contributed by atoms with E-state index in [1.165, 1.54) is 5.56 Å². The van der Waals surface area contributed by atoms with Crippen LogP contribution in [-0.4, -0.2) is 48.7 Å². The van der Waals surface area contributed by atoms with E-state index >= 15 is 0 Å². The van der Waals surface area contributed by atoms with Gasteiger partial charge in [0.2, 0.25) is 0 Å². The zero-order valence-corrected chi connectivity index (χ0v) is 20.6. The molecule has 2 aromatic carbocycles. The van der Waals surface area contributed by atoms with Gasteiger partial charge in [-0.05, 0) is 56.5 Å². The number of nitrogens with zero attached hydrogens (tertiary/aromatic N) is 6. The molecule has 1 fully saturated rings. The molecule has 5 aromatic rings. The van der Waals surface area contributed by atoms with Gasteiger partial charge in [0.15, 0.2) is 0 Å². The number of carboxylic acid groups (broad SMARTS) is 1. The van der Waals surface area contributed by atoms with Crippen LogP contribution in [0.25, 0.3) is 38.8 Å². The van der Waals surface area contributed by atoms with Gasteiger partial charge in [-0.2, -0.15) is 10.2 Å². The van der Waals surface area contributed by atoms with E-state index in [2.05, 4.69) is 42.0 Å². The maximum Gasteiger partial charge on any atom is 0.306 e. The minimum atomic E-state index is -0.702. The van der Waals surface area contributed by atoms with Crippen LogP contribution in [0.2, 0.25) is 0 Å². The number of anilines is 1. The van der Waals surface area contributed by atoms with E-state index in [0.717, 1.165) is 50.1 Å². The van der Waals surface area contributed by atoms with Crippen LogP contribution in [0, 0.1) is 19.8 Å². The Morgan fingerprint density at radius 1 is 1.03 bits per heavy atom. The summed E-state index contributed by atoms with van der Waals surface area (Å²) in [4.78, 5) is 18.2. The van der Waals surface area contributed by atoms with Crippen LogP contribution >= 0.6 is 0 Å². The van der Waals surface area contributed by atoms with E-state index in [9.17, 15) is 9.90 Å². The molecule has 0 saturated carbocycles. The second-order valence-corrected chi connectivity index (χ2v) is 9.75. The summed E-state index contributed by atoms with van der Waals surface area (Å²) in [5.74, 6) is -0.0936. The van der Waals surface area contributed by atoms with Crippen molar-refractivity contribution in [2.24, 2.45) is 13.0 Å². The molecule has 182 valence electrons. The zero-order chi connectivity index (χ0) is 25.0. The van der Waals surface area contributed by atoms with Crippen molar-refractivity contribution in [1.29, 1.82) is 0 Å². The molecule has 0 aliphatic carbocycles. The first-order chi connectivity index (χ1) is 17.4. The van der Waals surface area contributed by atoms with Crippen molar-refractivity contribution in [3.63, 3.8) is 0 Å². The van der Waals surface area contributed by atoms with Crippen LogP contribution in [0.1, 0.15) is 24.0 Å². The third kappa shape index (κ3) is 3.69. The van der Waals surface area contributed by atoms with Crippen molar-refractivity contribution in [2.75, 3.05) is 18.0 Å². The molecule has 0 spiro atoms. The lowest BCUT2D eigenvalue weighted by Gasteiger charge is -2.31. The Kier molecular flexibility index (Phi) is 5.25. The maximum atomic E-state index is 11.3. The quantitative estimate of drug-likeness (QED) is 0.394. The molecule has 8 heteroatoms. The van der Waals surface area contributed by atoms with Gasteiger partial charge >= 0.3 is 5.97 Å². The number of rotatable bonds is 4. The topological polar surface area (TPSA) is 89.1 Å². The Morgan fingerprint density at radius 2 is 1.83 bits per heavy atom. The summed E-state index contributed by atoms with van der Waals surface area (Å²) >= 11 is 0. The second kappa shape index (κ2) is 8.48. The first-order valence-corrected chi connectivity index (χ1v) is 12.3. The van der Waals surface area contributed by atoms with Gasteiger partial charge < -0.3 is 10.0 Å². The van der Waals surface area contributed by atoms with Crippen LogP contribution in [0.3, 0.4) is 0 Å². The van der Waals surface area contributed by atoms with E-state index in [0.29, 0.717) is 25.9 Å². The lowest BCUT2D eigenvalue weighted by molar-refractivity contribution is -0.142. The molecule has 0 amide bonds. The number of carboxylic acids is 1. The van der Waals surface area contributed by atoms with Crippen LogP contribution in [-0.2, 0) is 11.8 Å². The fourth-order valence-electron chi connectivity index (χ4n) is 5.43. The summed E-state index contributed by atoms with van der Waals surface area (Å²) < 4.78 is 3.83. The van der Waals surface area contributed by atoms with Crippen LogP contribution in [0.15, 0.2) is 54.9 Å². The molecular weight excluding hydrogens is 452 g/mol. The van der Waals surface area contributed by atoms with Crippen molar-refractivity contribution in [3.8, 4) is 16.9 Å². The molecular formula is C28H28N6O2. The molecule has 3 aromatic heterocycles. The molecule has 4 heterocycles. The molecule has 0 radical (unpaired) electrons. The van der Waals surface area contributed by atoms with Gasteiger partial charge in [0.1, 0.15) is 11.5 Å². The van der Waals surface area contributed by atoms with E-state index in [1.807, 2.05) is 53.1 Å². The van der Waals surface area contributed by atoms with Crippen LogP contribution in [0.5, 0.6) is 0 Å². The first kappa shape index (κ1) is 22.3. The Bertz CT molecular complexity index is 1610. The van der Waals surface area contributed by atoms with E-state index in [4.69, 9.17) is 10.1 Å². The minimum absolute atomic E-state index is 0.259. The SMILES string of the molecule is Cc1cc(C)c2c(c1)c(-c1cccc3nn(C)cc13)nn2-c1ccc(N2CCC(C(=O)O)CC2)nc1. The summed E-state index contributed by atoms with van der Waals surface area (Å²) in [5.41, 5.74) is 7.23. The van der Waals surface area contributed by atoms with E-state index < -0.39 is 5.97 Å². The summed E-state index contributed by atoms with van der Waals surface area (Å²) in [5, 5.41) is 21.2. The number of pyridine rings is 1. The number of fused-ring (bicyclic) bond motifs is 2. The Labute approximate surface area is 208 Å². The minimum Gasteiger partial charge on any atom is -0.481 e. The Balaban J connectivity index is 1.43. The standard InChI is InChI=1S/C28H28N6O2/c1-17-13-18(2)27-22(14-17)26(21-5-4-6-24-23(21)16-32(3)30-24)31-34(27)20-7-8-25(29-15-20)33-11-9-19(10-12-33)28(35)36/h4-8,13-16,19H,9-12H2,1-3H3,(H,35,36). The number of benzene rings is 2. The molecule has 36 heavy (non-hydrogen) atoms. The first-order valence-electron chi connectivity index (χ1n) is 12.3. The molecule has 1 N–H and O–H groups in total. The van der Waals surface area contributed by atoms with Gasteiger partial charge in [-0.1, -0.05) is 23.8 Å². The third-order valence-corrected chi connectivity index (χ3v) is 7.18. The molecule has 0 bridgehead atoms. The maximum absolute atomic E-state index is 11.3. The van der Waals surface area contributed by atoms with E-state index in [1.54, 1.807) is 0 Å². The average Bonchev–Trinajstić information content (AvgIpc) is 3.44. The fourth-order valence-corrected chi connectivity index (χ4v) is 5.43. The number of piperidine rings is 1. The zero-order valence-electron chi connectivity index (χ0n) is 20.6. The van der Waals surface area contributed by atoms with Crippen molar-refractivity contribution in [3.05, 3.63) is 66.0 Å². The van der Waals surface area contributed by atoms with E-state index in [-0.39, 0.29) is 5.92 Å². The highest BCUT2D eigenvalue weighted by molar-refractivity contribution is 6.03. The lowest BCUT2D eigenvalue weighted by Crippen LogP contribution is -2.36. The molecule has 1 aliphatic heterocycles. The molecule has 1 aliphatic rings. The predicted molar refractivity (Wildman–Crippen MR) is 141 cm³/mol. The van der Waals surface area contributed by atoms with Crippen molar-refractivity contribution in [2.45, 2.75) is 26.7 Å². The average molecular weight is 481 g/mol. The largest absolute Gasteiger partial charge is 0.481 e. The van der Waals surface area contributed by atoms with Crippen molar-refractivity contribution >= 4 is 33.6 Å². The van der Waals surface area contributed by atoms with Gasteiger partial charge in [-0.25, -0.2) is 9.67 Å². The molecule has 0 unspecified atom stereocenters. The molecule has 1 saturated heterocycles. The van der Waals surface area contributed by atoms with Gasteiger partial charge in [0.25, 0.3) is 0 Å². The number of carbonyl (C=O) groups is 1. The number of aryl methyl sites for hydroxylation is 3. The molecule has 0 atom stereocenters. The van der Waals surface area contributed by atoms with Gasteiger partial charge in [-0.15, -0.1) is 0 Å². The number of hydrogen-bond acceptors (Lipinski definition) is 5. The van der Waals surface area contributed by atoms with Gasteiger partial charge in [-0.3, -0.25) is 9.48 Å². The fraction of sp³-hybridized carbons (Fsp3) is 0.286. The van der Waals surface area contributed by atoms with Gasteiger partial charge in [0.05, 0.1) is 28.8 Å². The number of aromatic nitrogens is 5. The molecule has 8 nitrogen and oxygen atoms in total. The summed E-state index contributed by atoms with van der Waals surface area (Å²) in [6.07, 6.45) is 5.19. The van der Waals surface area contributed by atoms with Crippen LogP contribution < -0.4 is 4.90 Å². The summed E-state index contributed by atoms with van der Waals surface area (Å²) in [6.45, 7) is 5.63. The number of aliphatic carboxylic acids is 1. The molecule has 6 rings (SSSR count). The Hall–Kier alpha value is -4.20. The summed E-state index contributed by atoms with van der Waals surface area (Å²) in [7, 11) is 1.94. The Morgan fingerprint density at radius 3 is 2.56 bits per heavy atom. The highest BCUT2D eigenvalue weighted by Gasteiger charge is 2.25. The normalized spacial score (nSPS) is 14.7. The number of hydrogen-bond donors (Lipinski definition) is 1. The highest BCUT2D eigenvalue weighted by Crippen LogP contribution is 2.36. The van der Waals surface area contributed by atoms with Gasteiger partial charge in [0, 0.05) is 42.7 Å². The lowest BCUT2D eigenvalue weighted by atomic mass is 9.97. The highest BCUT2D eigenvalue weighted by atomic mass is 16.4. The van der Waals surface area contributed by atoms with Crippen molar-refractivity contribution < 1.29 is 9.90 Å². The van der Waals surface area contributed by atoms with Crippen molar-refractivity contribution in [1.82, 2.24) is 24.5 Å². The monoisotopic (exact) mass is 480 g/mol.